The molecule has 0 bridgehead atoms. The number of hydrogen-bond acceptors (Lipinski definition) is 7. The molecule has 0 aliphatic heterocycles. The van der Waals surface area contributed by atoms with E-state index in [2.05, 4.69) is 15.5 Å². The highest BCUT2D eigenvalue weighted by Gasteiger charge is 2.15. The Labute approximate surface area is 169 Å². The van der Waals surface area contributed by atoms with Crippen molar-refractivity contribution in [2.75, 3.05) is 11.1 Å². The van der Waals surface area contributed by atoms with E-state index in [4.69, 9.17) is 13.3 Å². The number of carbonyl (C=O) groups is 1. The molecule has 0 spiro atoms. The van der Waals surface area contributed by atoms with Gasteiger partial charge in [0.1, 0.15) is 16.9 Å². The highest BCUT2D eigenvalue weighted by atomic mass is 32.2. The lowest BCUT2D eigenvalue weighted by Crippen LogP contribution is -2.13. The fourth-order valence-electron chi connectivity index (χ4n) is 3.11. The quantitative estimate of drug-likeness (QED) is 0.398. The minimum Gasteiger partial charge on any atom is -0.469 e. The first-order chi connectivity index (χ1) is 14.2. The molecule has 144 valence electrons. The van der Waals surface area contributed by atoms with Gasteiger partial charge in [-0.1, -0.05) is 30.0 Å². The Morgan fingerprint density at radius 2 is 1.90 bits per heavy atom. The van der Waals surface area contributed by atoms with Crippen molar-refractivity contribution in [2.24, 2.45) is 0 Å². The van der Waals surface area contributed by atoms with Gasteiger partial charge in [-0.3, -0.25) is 4.79 Å². The Morgan fingerprint density at radius 3 is 2.76 bits per heavy atom. The van der Waals surface area contributed by atoms with Gasteiger partial charge in [-0.2, -0.15) is 0 Å². The van der Waals surface area contributed by atoms with E-state index in [1.807, 2.05) is 49.4 Å². The number of nitrogens with zero attached hydrogens (tertiary/aromatic N) is 2. The van der Waals surface area contributed by atoms with Crippen molar-refractivity contribution in [1.82, 2.24) is 10.2 Å². The predicted molar refractivity (Wildman–Crippen MR) is 110 cm³/mol. The number of thioether (sulfide) groups is 1. The maximum Gasteiger partial charge on any atom is 0.277 e. The molecule has 1 amide bonds. The van der Waals surface area contributed by atoms with Crippen LogP contribution < -0.4 is 5.32 Å². The third-order valence-electron chi connectivity index (χ3n) is 4.48. The lowest BCUT2D eigenvalue weighted by Gasteiger charge is -2.04. The van der Waals surface area contributed by atoms with Gasteiger partial charge in [-0.15, -0.1) is 10.2 Å². The summed E-state index contributed by atoms with van der Waals surface area (Å²) in [4.78, 5) is 12.4. The Bertz CT molecular complexity index is 1330. The second-order valence-electron chi connectivity index (χ2n) is 6.41. The van der Waals surface area contributed by atoms with E-state index >= 15 is 0 Å². The van der Waals surface area contributed by atoms with Crippen LogP contribution in [0.25, 0.3) is 33.4 Å². The van der Waals surface area contributed by atoms with Crippen molar-refractivity contribution in [3.8, 4) is 11.5 Å². The average molecular weight is 405 g/mol. The van der Waals surface area contributed by atoms with E-state index < -0.39 is 0 Å². The summed E-state index contributed by atoms with van der Waals surface area (Å²) in [6.07, 6.45) is 1.56. The highest BCUT2D eigenvalue weighted by Crippen LogP contribution is 2.31. The van der Waals surface area contributed by atoms with Crippen molar-refractivity contribution in [1.29, 1.82) is 0 Å². The number of para-hydroxylation sites is 1. The highest BCUT2D eigenvalue weighted by molar-refractivity contribution is 7.99. The number of benzene rings is 2. The van der Waals surface area contributed by atoms with E-state index in [0.717, 1.165) is 27.5 Å². The lowest BCUT2D eigenvalue weighted by atomic mass is 10.1. The molecule has 0 atom stereocenters. The number of carbonyl (C=O) groups excluding carboxylic acids is 1. The van der Waals surface area contributed by atoms with E-state index in [-0.39, 0.29) is 11.7 Å². The molecule has 0 saturated heterocycles. The van der Waals surface area contributed by atoms with Crippen LogP contribution in [0, 0.1) is 6.92 Å². The van der Waals surface area contributed by atoms with Gasteiger partial charge in [-0.25, -0.2) is 0 Å². The molecule has 0 aliphatic carbocycles. The molecule has 3 heterocycles. The molecule has 29 heavy (non-hydrogen) atoms. The van der Waals surface area contributed by atoms with Crippen LogP contribution >= 0.6 is 11.8 Å². The maximum absolute atomic E-state index is 12.4. The molecule has 2 aromatic carbocycles. The van der Waals surface area contributed by atoms with Gasteiger partial charge < -0.3 is 18.6 Å². The number of nitrogens with one attached hydrogen (secondary N) is 1. The van der Waals surface area contributed by atoms with Crippen LogP contribution in [-0.4, -0.2) is 21.9 Å². The van der Waals surface area contributed by atoms with E-state index in [1.165, 1.54) is 11.8 Å². The normalized spacial score (nSPS) is 11.3. The van der Waals surface area contributed by atoms with Crippen molar-refractivity contribution >= 4 is 45.3 Å². The molecule has 0 aliphatic rings. The number of anilines is 1. The summed E-state index contributed by atoms with van der Waals surface area (Å²) < 4.78 is 16.6. The van der Waals surface area contributed by atoms with Gasteiger partial charge in [0.2, 0.25) is 5.91 Å². The van der Waals surface area contributed by atoms with Crippen LogP contribution in [0.3, 0.4) is 0 Å². The Morgan fingerprint density at radius 1 is 1.03 bits per heavy atom. The second kappa shape index (κ2) is 7.14. The summed E-state index contributed by atoms with van der Waals surface area (Å²) >= 11 is 1.18. The predicted octanol–water partition coefficient (Wildman–Crippen LogP) is 5.27. The number of fused-ring (bicyclic) bond motifs is 3. The number of hydrogen-bond donors (Lipinski definition) is 1. The van der Waals surface area contributed by atoms with Crippen LogP contribution in [0.1, 0.15) is 5.76 Å². The largest absolute Gasteiger partial charge is 0.469 e. The smallest absolute Gasteiger partial charge is 0.277 e. The molecule has 0 saturated carbocycles. The SMILES string of the molecule is Cc1occc1-c1nnc(SCC(=O)Nc2ccc3oc4ccccc4c3c2)o1. The minimum absolute atomic E-state index is 0.149. The maximum atomic E-state index is 12.4. The number of amides is 1. The standard InChI is InChI=1S/C21H15N3O4S/c1-12-14(8-9-26-12)20-23-24-21(28-20)29-11-19(25)22-13-6-7-18-16(10-13)15-4-2-3-5-17(15)27-18/h2-10H,11H2,1H3,(H,22,25). The summed E-state index contributed by atoms with van der Waals surface area (Å²) in [5, 5.41) is 13.2. The Balaban J connectivity index is 1.27. The molecular weight excluding hydrogens is 390 g/mol. The minimum atomic E-state index is -0.165. The topological polar surface area (TPSA) is 94.3 Å². The monoisotopic (exact) mass is 405 g/mol. The van der Waals surface area contributed by atoms with E-state index in [1.54, 1.807) is 12.3 Å². The summed E-state index contributed by atoms with van der Waals surface area (Å²) in [5.41, 5.74) is 3.05. The number of aromatic nitrogens is 2. The second-order valence-corrected chi connectivity index (χ2v) is 7.34. The average Bonchev–Trinajstić information content (AvgIpc) is 3.44. The summed E-state index contributed by atoms with van der Waals surface area (Å²) in [6, 6.07) is 15.2. The third kappa shape index (κ3) is 3.38. The van der Waals surface area contributed by atoms with Crippen molar-refractivity contribution in [3.63, 3.8) is 0 Å². The molecule has 5 rings (SSSR count). The molecule has 0 fully saturated rings. The van der Waals surface area contributed by atoms with Gasteiger partial charge in [-0.05, 0) is 37.3 Å². The fourth-order valence-corrected chi connectivity index (χ4v) is 3.68. The Kier molecular flexibility index (Phi) is 4.33. The zero-order chi connectivity index (χ0) is 19.8. The Hall–Kier alpha value is -3.52. The molecule has 0 radical (unpaired) electrons. The van der Waals surface area contributed by atoms with Gasteiger partial charge >= 0.3 is 0 Å². The molecule has 3 aromatic heterocycles. The fraction of sp³-hybridized carbons (Fsp3) is 0.0952. The molecule has 0 unspecified atom stereocenters. The van der Waals surface area contributed by atoms with Gasteiger partial charge in [0, 0.05) is 16.5 Å². The van der Waals surface area contributed by atoms with Crippen LogP contribution in [0.2, 0.25) is 0 Å². The lowest BCUT2D eigenvalue weighted by molar-refractivity contribution is -0.113. The molecular formula is C21H15N3O4S. The molecule has 1 N–H and O–H groups in total. The van der Waals surface area contributed by atoms with Gasteiger partial charge in [0.05, 0.1) is 17.6 Å². The first-order valence-electron chi connectivity index (χ1n) is 8.89. The molecule has 5 aromatic rings. The van der Waals surface area contributed by atoms with E-state index in [0.29, 0.717) is 22.6 Å². The first kappa shape index (κ1) is 17.6. The van der Waals surface area contributed by atoms with E-state index in [9.17, 15) is 4.79 Å². The number of aryl methyl sites for hydroxylation is 1. The molecule has 7 nitrogen and oxygen atoms in total. The number of rotatable bonds is 5. The number of furan rings is 2. The van der Waals surface area contributed by atoms with Crippen molar-refractivity contribution in [2.45, 2.75) is 12.1 Å². The summed E-state index contributed by atoms with van der Waals surface area (Å²) in [7, 11) is 0. The zero-order valence-corrected chi connectivity index (χ0v) is 16.2. The summed E-state index contributed by atoms with van der Waals surface area (Å²) in [6.45, 7) is 1.82. The van der Waals surface area contributed by atoms with Crippen LogP contribution in [0.4, 0.5) is 5.69 Å². The zero-order valence-electron chi connectivity index (χ0n) is 15.3. The summed E-state index contributed by atoms with van der Waals surface area (Å²) in [5.74, 6) is 1.05. The van der Waals surface area contributed by atoms with Gasteiger partial charge in [0.25, 0.3) is 11.1 Å². The van der Waals surface area contributed by atoms with Gasteiger partial charge in [0.15, 0.2) is 0 Å². The van der Waals surface area contributed by atoms with Crippen LogP contribution in [-0.2, 0) is 4.79 Å². The van der Waals surface area contributed by atoms with Crippen LogP contribution in [0.5, 0.6) is 0 Å². The van der Waals surface area contributed by atoms with Crippen LogP contribution in [0.15, 0.2) is 73.3 Å². The van der Waals surface area contributed by atoms with Crippen molar-refractivity contribution in [3.05, 3.63) is 60.6 Å². The molecule has 8 heteroatoms. The first-order valence-corrected chi connectivity index (χ1v) is 9.88. The third-order valence-corrected chi connectivity index (χ3v) is 5.30. The van der Waals surface area contributed by atoms with Crippen molar-refractivity contribution < 1.29 is 18.0 Å².